The summed E-state index contributed by atoms with van der Waals surface area (Å²) in [4.78, 5) is 25.7. The van der Waals surface area contributed by atoms with Crippen LogP contribution in [0.4, 0.5) is 0 Å². The van der Waals surface area contributed by atoms with Crippen molar-refractivity contribution in [3.8, 4) is 0 Å². The molecule has 0 aromatic carbocycles. The first-order valence-electron chi connectivity index (χ1n) is 5.39. The second-order valence-electron chi connectivity index (χ2n) is 4.51. The fourth-order valence-corrected chi connectivity index (χ4v) is 3.33. The second-order valence-corrected chi connectivity index (χ2v) is 6.80. The monoisotopic (exact) mass is 306 g/mol. The lowest BCUT2D eigenvalue weighted by Gasteiger charge is -2.41. The Hall–Kier alpha value is -0.780. The molecule has 0 saturated carbocycles. The van der Waals surface area contributed by atoms with Crippen LogP contribution in [0.5, 0.6) is 0 Å². The van der Waals surface area contributed by atoms with E-state index in [0.29, 0.717) is 27.3 Å². The number of rotatable bonds is 1. The summed E-state index contributed by atoms with van der Waals surface area (Å²) in [6.45, 7) is 4.33. The van der Waals surface area contributed by atoms with Gasteiger partial charge in [-0.1, -0.05) is 23.2 Å². The van der Waals surface area contributed by atoms with E-state index in [1.807, 2.05) is 0 Å². The maximum atomic E-state index is 12.4. The Morgan fingerprint density at radius 1 is 1.50 bits per heavy atom. The summed E-state index contributed by atoms with van der Waals surface area (Å²) in [7, 11) is 0. The standard InChI is InChI=1S/C11H12Cl2N2O2S/c1-11(2)10(17)14-3-4-15(11)9(16)6-5-7(12)18-8(6)13/h5H,3-4H2,1-2H3,(H,14,17). The first-order chi connectivity index (χ1) is 8.34. The Morgan fingerprint density at radius 2 is 2.17 bits per heavy atom. The fourth-order valence-electron chi connectivity index (χ4n) is 1.89. The van der Waals surface area contributed by atoms with Gasteiger partial charge >= 0.3 is 0 Å². The molecular formula is C11H12Cl2N2O2S. The Kier molecular flexibility index (Phi) is 3.58. The normalized spacial score (nSPS) is 18.7. The Labute approximate surface area is 119 Å². The molecule has 1 N–H and O–H groups in total. The van der Waals surface area contributed by atoms with Crippen molar-refractivity contribution in [3.05, 3.63) is 20.3 Å². The van der Waals surface area contributed by atoms with Gasteiger partial charge < -0.3 is 10.2 Å². The number of nitrogens with one attached hydrogen (secondary N) is 1. The van der Waals surface area contributed by atoms with Gasteiger partial charge in [0.15, 0.2) is 0 Å². The van der Waals surface area contributed by atoms with Gasteiger partial charge in [0.1, 0.15) is 9.88 Å². The number of nitrogens with zero attached hydrogens (tertiary/aromatic N) is 1. The summed E-state index contributed by atoms with van der Waals surface area (Å²) in [6, 6.07) is 1.54. The molecule has 7 heteroatoms. The van der Waals surface area contributed by atoms with Crippen molar-refractivity contribution in [2.24, 2.45) is 0 Å². The van der Waals surface area contributed by atoms with E-state index >= 15 is 0 Å². The van der Waals surface area contributed by atoms with Crippen LogP contribution in [0.15, 0.2) is 6.07 Å². The molecule has 1 aromatic heterocycles. The summed E-state index contributed by atoms with van der Waals surface area (Å²) in [5.74, 6) is -0.428. The van der Waals surface area contributed by atoms with Gasteiger partial charge in [0.05, 0.1) is 9.90 Å². The molecule has 0 atom stereocenters. The largest absolute Gasteiger partial charge is 0.352 e. The summed E-state index contributed by atoms with van der Waals surface area (Å²) >= 11 is 13.0. The highest BCUT2D eigenvalue weighted by Gasteiger charge is 2.41. The van der Waals surface area contributed by atoms with Crippen LogP contribution in [0.25, 0.3) is 0 Å². The minimum atomic E-state index is -0.882. The van der Waals surface area contributed by atoms with Crippen LogP contribution >= 0.6 is 34.5 Å². The molecule has 0 bridgehead atoms. The van der Waals surface area contributed by atoms with E-state index in [-0.39, 0.29) is 11.8 Å². The molecule has 1 aliphatic heterocycles. The van der Waals surface area contributed by atoms with E-state index in [0.717, 1.165) is 11.3 Å². The molecule has 2 amide bonds. The van der Waals surface area contributed by atoms with Gasteiger partial charge in [-0.3, -0.25) is 9.59 Å². The number of halogens is 2. The quantitative estimate of drug-likeness (QED) is 0.866. The van der Waals surface area contributed by atoms with E-state index in [4.69, 9.17) is 23.2 Å². The van der Waals surface area contributed by atoms with Gasteiger partial charge in [0.2, 0.25) is 5.91 Å². The third-order valence-electron chi connectivity index (χ3n) is 2.98. The Morgan fingerprint density at radius 3 is 2.72 bits per heavy atom. The van der Waals surface area contributed by atoms with Crippen LogP contribution in [0.2, 0.25) is 8.67 Å². The van der Waals surface area contributed by atoms with Gasteiger partial charge in [-0.05, 0) is 19.9 Å². The predicted octanol–water partition coefficient (Wildman–Crippen LogP) is 2.41. The first-order valence-corrected chi connectivity index (χ1v) is 6.96. The molecule has 0 unspecified atom stereocenters. The highest BCUT2D eigenvalue weighted by atomic mass is 35.5. The van der Waals surface area contributed by atoms with Gasteiger partial charge in [0, 0.05) is 13.1 Å². The van der Waals surface area contributed by atoms with Gasteiger partial charge in [-0.15, -0.1) is 11.3 Å². The molecule has 1 saturated heterocycles. The predicted molar refractivity (Wildman–Crippen MR) is 72.5 cm³/mol. The third kappa shape index (κ3) is 2.22. The van der Waals surface area contributed by atoms with Crippen LogP contribution in [0.1, 0.15) is 24.2 Å². The van der Waals surface area contributed by atoms with Crippen molar-refractivity contribution in [3.63, 3.8) is 0 Å². The topological polar surface area (TPSA) is 49.4 Å². The van der Waals surface area contributed by atoms with Crippen molar-refractivity contribution >= 4 is 46.4 Å². The van der Waals surface area contributed by atoms with Crippen molar-refractivity contribution in [2.45, 2.75) is 19.4 Å². The van der Waals surface area contributed by atoms with Crippen LogP contribution in [0, 0.1) is 0 Å². The molecule has 1 fully saturated rings. The summed E-state index contributed by atoms with van der Waals surface area (Å²) in [5, 5.41) is 2.74. The maximum Gasteiger partial charge on any atom is 0.257 e. The Balaban J connectivity index is 2.33. The molecule has 0 spiro atoms. The number of carbonyl (C=O) groups is 2. The SMILES string of the molecule is CC1(C)C(=O)NCCN1C(=O)c1cc(Cl)sc1Cl. The molecule has 2 rings (SSSR count). The van der Waals surface area contributed by atoms with Gasteiger partial charge in [-0.25, -0.2) is 0 Å². The van der Waals surface area contributed by atoms with Crippen molar-refractivity contribution in [2.75, 3.05) is 13.1 Å². The molecule has 0 aliphatic carbocycles. The van der Waals surface area contributed by atoms with Crippen LogP contribution in [-0.4, -0.2) is 35.3 Å². The number of piperazine rings is 1. The first kappa shape index (κ1) is 13.6. The number of hydrogen-bond acceptors (Lipinski definition) is 3. The van der Waals surface area contributed by atoms with Crippen LogP contribution < -0.4 is 5.32 Å². The highest BCUT2D eigenvalue weighted by molar-refractivity contribution is 7.20. The fraction of sp³-hybridized carbons (Fsp3) is 0.455. The zero-order chi connectivity index (χ0) is 13.5. The number of carbonyl (C=O) groups excluding carboxylic acids is 2. The van der Waals surface area contributed by atoms with Crippen molar-refractivity contribution in [1.29, 1.82) is 0 Å². The van der Waals surface area contributed by atoms with E-state index in [1.165, 1.54) is 4.90 Å². The molecule has 0 radical (unpaired) electrons. The lowest BCUT2D eigenvalue weighted by atomic mass is 9.98. The summed E-state index contributed by atoms with van der Waals surface area (Å²) in [6.07, 6.45) is 0. The molecule has 4 nitrogen and oxygen atoms in total. The molecule has 1 aliphatic rings. The highest BCUT2D eigenvalue weighted by Crippen LogP contribution is 2.33. The maximum absolute atomic E-state index is 12.4. The number of hydrogen-bond donors (Lipinski definition) is 1. The third-order valence-corrected chi connectivity index (χ3v) is 4.47. The molecule has 1 aromatic rings. The van der Waals surface area contributed by atoms with Crippen molar-refractivity contribution in [1.82, 2.24) is 10.2 Å². The van der Waals surface area contributed by atoms with Crippen molar-refractivity contribution < 1.29 is 9.59 Å². The molecule has 18 heavy (non-hydrogen) atoms. The average Bonchev–Trinajstić information content (AvgIpc) is 2.61. The van der Waals surface area contributed by atoms with Gasteiger partial charge in [-0.2, -0.15) is 0 Å². The zero-order valence-electron chi connectivity index (χ0n) is 9.92. The molecule has 98 valence electrons. The van der Waals surface area contributed by atoms with Crippen LogP contribution in [0.3, 0.4) is 0 Å². The number of thiophene rings is 1. The lowest BCUT2D eigenvalue weighted by molar-refractivity contribution is -0.133. The minimum Gasteiger partial charge on any atom is -0.352 e. The molecular weight excluding hydrogens is 295 g/mol. The Bertz CT molecular complexity index is 513. The van der Waals surface area contributed by atoms with Crippen LogP contribution in [-0.2, 0) is 4.79 Å². The molecule has 2 heterocycles. The van der Waals surface area contributed by atoms with E-state index in [1.54, 1.807) is 19.9 Å². The summed E-state index contributed by atoms with van der Waals surface area (Å²) < 4.78 is 0.814. The summed E-state index contributed by atoms with van der Waals surface area (Å²) in [5.41, 5.74) is -0.526. The zero-order valence-corrected chi connectivity index (χ0v) is 12.2. The van der Waals surface area contributed by atoms with E-state index in [9.17, 15) is 9.59 Å². The smallest absolute Gasteiger partial charge is 0.257 e. The number of amides is 2. The van der Waals surface area contributed by atoms with E-state index in [2.05, 4.69) is 5.32 Å². The van der Waals surface area contributed by atoms with Gasteiger partial charge in [0.25, 0.3) is 5.91 Å². The average molecular weight is 307 g/mol. The lowest BCUT2D eigenvalue weighted by Crippen LogP contribution is -2.63. The minimum absolute atomic E-state index is 0.167. The second kappa shape index (κ2) is 4.72. The van der Waals surface area contributed by atoms with E-state index < -0.39 is 5.54 Å².